The molecule has 2 N–H and O–H groups in total. The average molecular weight is 157 g/mol. The number of amidine groups is 1. The number of rotatable bonds is 0. The van der Waals surface area contributed by atoms with Crippen molar-refractivity contribution in [3.8, 4) is 6.07 Å². The van der Waals surface area contributed by atoms with Crippen LogP contribution in [0.1, 0.15) is 0 Å². The Kier molecular flexibility index (Phi) is 1.69. The van der Waals surface area contributed by atoms with E-state index >= 15 is 0 Å². The minimum Gasteiger partial charge on any atom is -0.378 e. The van der Waals surface area contributed by atoms with Crippen LogP contribution < -0.4 is 5.73 Å². The van der Waals surface area contributed by atoms with Gasteiger partial charge in [-0.1, -0.05) is 12.2 Å². The number of nitrogens with zero attached hydrogens (tertiary/aromatic N) is 2. The lowest BCUT2D eigenvalue weighted by atomic mass is 10.4. The molecule has 0 radical (unpaired) electrons. The summed E-state index contributed by atoms with van der Waals surface area (Å²) in [5.74, 6) is 0. The molecular weight excluding hydrogens is 154 g/mol. The predicted molar refractivity (Wildman–Crippen MR) is 41.2 cm³/mol. The number of nitrogens with two attached hydrogens (primary N) is 1. The molecule has 1 unspecified atom stereocenters. The molecule has 46 valence electrons. The molecular formula is C4H3N3S2. The zero-order chi connectivity index (χ0) is 6.85. The van der Waals surface area contributed by atoms with Gasteiger partial charge < -0.3 is 5.73 Å². The maximum atomic E-state index is 8.34. The van der Waals surface area contributed by atoms with Crippen LogP contribution >= 0.6 is 24.0 Å². The van der Waals surface area contributed by atoms with E-state index in [0.29, 0.717) is 9.36 Å². The van der Waals surface area contributed by atoms with Crippen LogP contribution in [0.25, 0.3) is 0 Å². The lowest BCUT2D eigenvalue weighted by Gasteiger charge is -1.87. The van der Waals surface area contributed by atoms with Crippen molar-refractivity contribution in [3.63, 3.8) is 0 Å². The van der Waals surface area contributed by atoms with E-state index in [0.717, 1.165) is 0 Å². The highest BCUT2D eigenvalue weighted by molar-refractivity contribution is 8.33. The van der Waals surface area contributed by atoms with E-state index in [9.17, 15) is 0 Å². The Labute approximate surface area is 61.9 Å². The molecule has 9 heavy (non-hydrogen) atoms. The van der Waals surface area contributed by atoms with E-state index in [1.54, 1.807) is 0 Å². The zero-order valence-electron chi connectivity index (χ0n) is 4.37. The van der Waals surface area contributed by atoms with Crippen LogP contribution in [-0.2, 0) is 0 Å². The van der Waals surface area contributed by atoms with Crippen molar-refractivity contribution in [2.45, 2.75) is 6.04 Å². The summed E-state index contributed by atoms with van der Waals surface area (Å²) in [6, 6.07) is 1.42. The molecule has 1 atom stereocenters. The third kappa shape index (κ3) is 1.20. The van der Waals surface area contributed by atoms with Gasteiger partial charge in [0, 0.05) is 0 Å². The van der Waals surface area contributed by atoms with Gasteiger partial charge in [0.2, 0.25) is 0 Å². The summed E-state index contributed by atoms with van der Waals surface area (Å²) in [7, 11) is 0. The second-order valence-electron chi connectivity index (χ2n) is 1.42. The van der Waals surface area contributed by atoms with Gasteiger partial charge in [0.15, 0.2) is 11.2 Å². The molecule has 0 saturated carbocycles. The molecule has 0 aliphatic carbocycles. The maximum Gasteiger partial charge on any atom is 0.180 e. The van der Waals surface area contributed by atoms with E-state index in [2.05, 4.69) is 4.99 Å². The lowest BCUT2D eigenvalue weighted by molar-refractivity contribution is 1.13. The van der Waals surface area contributed by atoms with Gasteiger partial charge in [0.1, 0.15) is 0 Å². The Morgan fingerprint density at radius 3 is 2.78 bits per heavy atom. The fraction of sp³-hybridized carbons (Fsp3) is 0.250. The molecule has 0 bridgehead atoms. The molecule has 0 aromatic heterocycles. The Morgan fingerprint density at radius 2 is 2.56 bits per heavy atom. The highest BCUT2D eigenvalue weighted by Gasteiger charge is 2.21. The van der Waals surface area contributed by atoms with Gasteiger partial charge in [-0.15, -0.1) is 0 Å². The summed E-state index contributed by atoms with van der Waals surface area (Å²) >= 11 is 5.95. The minimum absolute atomic E-state index is 0.395. The van der Waals surface area contributed by atoms with E-state index in [-0.39, 0.29) is 0 Å². The van der Waals surface area contributed by atoms with Gasteiger partial charge >= 0.3 is 0 Å². The highest BCUT2D eigenvalue weighted by Crippen LogP contribution is 2.17. The molecule has 0 fully saturated rings. The molecule has 3 nitrogen and oxygen atoms in total. The molecule has 1 aliphatic heterocycles. The van der Waals surface area contributed by atoms with Crippen molar-refractivity contribution >= 4 is 33.3 Å². The minimum atomic E-state index is -0.495. The van der Waals surface area contributed by atoms with Crippen molar-refractivity contribution in [2.24, 2.45) is 10.7 Å². The molecule has 0 aromatic rings. The topological polar surface area (TPSA) is 62.2 Å². The van der Waals surface area contributed by atoms with Crippen LogP contribution in [-0.4, -0.2) is 15.4 Å². The molecule has 1 rings (SSSR count). The van der Waals surface area contributed by atoms with Gasteiger partial charge in [0.05, 0.1) is 10.3 Å². The molecule has 0 spiro atoms. The summed E-state index contributed by atoms with van der Waals surface area (Å²) in [5.41, 5.74) is 5.27. The second kappa shape index (κ2) is 2.33. The standard InChI is InChI=1S/C4H3N3S2/c5-1-2-3(8)9-4(6)7-2/h2H,(H2,6,7). The Balaban J connectivity index is 2.78. The zero-order valence-corrected chi connectivity index (χ0v) is 6.00. The van der Waals surface area contributed by atoms with E-state index in [1.807, 2.05) is 6.07 Å². The fourth-order valence-corrected chi connectivity index (χ4v) is 1.39. The lowest BCUT2D eigenvalue weighted by Crippen LogP contribution is -2.03. The van der Waals surface area contributed by atoms with Crippen LogP contribution in [0.4, 0.5) is 0 Å². The first-order valence-electron chi connectivity index (χ1n) is 2.18. The number of hydrogen-bond acceptors (Lipinski definition) is 5. The van der Waals surface area contributed by atoms with Gasteiger partial charge in [-0.2, -0.15) is 5.26 Å². The highest BCUT2D eigenvalue weighted by atomic mass is 32.2. The SMILES string of the molecule is N#CC1N=C(N)SC1=S. The summed E-state index contributed by atoms with van der Waals surface area (Å²) in [4.78, 5) is 3.74. The average Bonchev–Trinajstić information content (AvgIpc) is 2.10. The first-order valence-corrected chi connectivity index (χ1v) is 3.41. The Bertz CT molecular complexity index is 214. The van der Waals surface area contributed by atoms with Gasteiger partial charge in [-0.3, -0.25) is 0 Å². The number of hydrogen-bond donors (Lipinski definition) is 1. The summed E-state index contributed by atoms with van der Waals surface area (Å²) in [6.45, 7) is 0. The summed E-state index contributed by atoms with van der Waals surface area (Å²) in [5, 5.41) is 8.74. The fourth-order valence-electron chi connectivity index (χ4n) is 0.447. The summed E-state index contributed by atoms with van der Waals surface area (Å²) in [6.07, 6.45) is 0. The first kappa shape index (κ1) is 6.52. The van der Waals surface area contributed by atoms with E-state index < -0.39 is 6.04 Å². The van der Waals surface area contributed by atoms with Crippen LogP contribution in [0, 0.1) is 11.3 Å². The second-order valence-corrected chi connectivity index (χ2v) is 3.18. The molecule has 5 heteroatoms. The molecule has 1 heterocycles. The van der Waals surface area contributed by atoms with Crippen molar-refractivity contribution in [1.29, 1.82) is 5.26 Å². The third-order valence-electron chi connectivity index (χ3n) is 0.807. The number of thiocarbonyl (C=S) groups is 1. The largest absolute Gasteiger partial charge is 0.378 e. The van der Waals surface area contributed by atoms with Crippen molar-refractivity contribution in [2.75, 3.05) is 0 Å². The number of aliphatic imine (C=N–C) groups is 1. The number of thioether (sulfide) groups is 1. The van der Waals surface area contributed by atoms with Crippen LogP contribution in [0.3, 0.4) is 0 Å². The van der Waals surface area contributed by atoms with Crippen molar-refractivity contribution < 1.29 is 0 Å². The van der Waals surface area contributed by atoms with Crippen LogP contribution in [0.5, 0.6) is 0 Å². The third-order valence-corrected chi connectivity index (χ3v) is 2.02. The quantitative estimate of drug-likeness (QED) is 0.513. The van der Waals surface area contributed by atoms with Crippen LogP contribution in [0.15, 0.2) is 4.99 Å². The smallest absolute Gasteiger partial charge is 0.180 e. The van der Waals surface area contributed by atoms with Crippen LogP contribution in [0.2, 0.25) is 0 Å². The number of nitriles is 1. The monoisotopic (exact) mass is 157 g/mol. The van der Waals surface area contributed by atoms with E-state index in [1.165, 1.54) is 11.8 Å². The predicted octanol–water partition coefficient (Wildman–Crippen LogP) is 0.267. The van der Waals surface area contributed by atoms with E-state index in [4.69, 9.17) is 23.2 Å². The van der Waals surface area contributed by atoms with Gasteiger partial charge in [-0.25, -0.2) is 4.99 Å². The summed E-state index contributed by atoms with van der Waals surface area (Å²) < 4.78 is 0.551. The normalized spacial score (nSPS) is 25.4. The maximum absolute atomic E-state index is 8.34. The Morgan fingerprint density at radius 1 is 1.89 bits per heavy atom. The molecule has 0 amide bonds. The van der Waals surface area contributed by atoms with Crippen molar-refractivity contribution in [1.82, 2.24) is 0 Å². The molecule has 0 aromatic carbocycles. The van der Waals surface area contributed by atoms with Gasteiger partial charge in [0.25, 0.3) is 0 Å². The Hall–Kier alpha value is -0.600. The first-order chi connectivity index (χ1) is 4.24. The van der Waals surface area contributed by atoms with Gasteiger partial charge in [-0.05, 0) is 11.8 Å². The molecule has 1 aliphatic rings. The molecule has 0 saturated heterocycles. The van der Waals surface area contributed by atoms with Crippen molar-refractivity contribution in [3.05, 3.63) is 0 Å².